The molecule has 0 aromatic rings. The van der Waals surface area contributed by atoms with Gasteiger partial charge in [-0.25, -0.2) is 0 Å². The highest BCUT2D eigenvalue weighted by Crippen LogP contribution is 2.46. The first-order chi connectivity index (χ1) is 7.77. The van der Waals surface area contributed by atoms with Gasteiger partial charge in [-0.05, 0) is 0 Å². The highest BCUT2D eigenvalue weighted by atomic mass is 16.5. The Morgan fingerprint density at radius 3 is 2.31 bits per heavy atom. The van der Waals surface area contributed by atoms with Gasteiger partial charge < -0.3 is 4.74 Å². The van der Waals surface area contributed by atoms with E-state index in [0.717, 1.165) is 18.3 Å². The van der Waals surface area contributed by atoms with Gasteiger partial charge in [-0.1, -0.05) is 56.2 Å². The first-order valence-corrected chi connectivity index (χ1v) is 6.57. The Kier molecular flexibility index (Phi) is 4.08. The lowest BCUT2D eigenvalue weighted by atomic mass is 9.27. The zero-order valence-electron chi connectivity index (χ0n) is 10.2. The standard InChI is InChI=1S/C13H21BO2/c1-11(15)16-10-4-9-14-12-5-2-6-13(14)8-3-7-12/h4,9,12-13H,2-3,5-8,10H2,1H3/b9-4+. The van der Waals surface area contributed by atoms with Crippen LogP contribution in [0.4, 0.5) is 0 Å². The molecule has 0 atom stereocenters. The van der Waals surface area contributed by atoms with Crippen LogP contribution in [0.25, 0.3) is 0 Å². The maximum Gasteiger partial charge on any atom is 0.302 e. The third-order valence-corrected chi connectivity index (χ3v) is 4.13. The number of carbonyl (C=O) groups excluding carboxylic acids is 1. The molecule has 2 rings (SSSR count). The van der Waals surface area contributed by atoms with Crippen LogP contribution in [0.2, 0.25) is 11.6 Å². The Morgan fingerprint density at radius 2 is 1.81 bits per heavy atom. The average Bonchev–Trinajstić information content (AvgIpc) is 2.23. The predicted molar refractivity (Wildman–Crippen MR) is 66.7 cm³/mol. The fourth-order valence-corrected chi connectivity index (χ4v) is 3.42. The molecule has 3 heteroatoms. The summed E-state index contributed by atoms with van der Waals surface area (Å²) in [6.45, 7) is 2.67. The van der Waals surface area contributed by atoms with E-state index in [9.17, 15) is 4.79 Å². The third kappa shape index (κ3) is 2.90. The molecule has 0 spiro atoms. The van der Waals surface area contributed by atoms with Crippen LogP contribution in [0.1, 0.15) is 45.4 Å². The maximum atomic E-state index is 10.6. The number of esters is 1. The molecule has 0 aliphatic carbocycles. The van der Waals surface area contributed by atoms with Crippen molar-refractivity contribution in [3.63, 3.8) is 0 Å². The summed E-state index contributed by atoms with van der Waals surface area (Å²) in [6.07, 6.45) is 10.5. The first kappa shape index (κ1) is 11.8. The minimum atomic E-state index is -0.187. The van der Waals surface area contributed by atoms with Crippen LogP contribution < -0.4 is 0 Å². The second-order valence-electron chi connectivity index (χ2n) is 5.19. The van der Waals surface area contributed by atoms with E-state index in [4.69, 9.17) is 4.74 Å². The van der Waals surface area contributed by atoms with Crippen LogP contribution >= 0.6 is 0 Å². The van der Waals surface area contributed by atoms with Gasteiger partial charge in [0.1, 0.15) is 6.61 Å². The molecule has 2 heterocycles. The van der Waals surface area contributed by atoms with E-state index in [1.807, 2.05) is 6.08 Å². The van der Waals surface area contributed by atoms with Crippen molar-refractivity contribution in [3.8, 4) is 0 Å². The Labute approximate surface area is 98.5 Å². The summed E-state index contributed by atoms with van der Waals surface area (Å²) in [5.74, 6) is 3.94. The van der Waals surface area contributed by atoms with Crippen LogP contribution in [-0.4, -0.2) is 19.3 Å². The lowest BCUT2D eigenvalue weighted by molar-refractivity contribution is -0.139. The quantitative estimate of drug-likeness (QED) is 0.539. The van der Waals surface area contributed by atoms with E-state index in [0.29, 0.717) is 6.61 Å². The molecular weight excluding hydrogens is 199 g/mol. The number of hydrogen-bond acceptors (Lipinski definition) is 2. The van der Waals surface area contributed by atoms with Crippen LogP contribution in [0.3, 0.4) is 0 Å². The van der Waals surface area contributed by atoms with Crippen molar-refractivity contribution < 1.29 is 9.53 Å². The van der Waals surface area contributed by atoms with Crippen molar-refractivity contribution in [3.05, 3.63) is 12.1 Å². The fraction of sp³-hybridized carbons (Fsp3) is 0.769. The molecule has 2 fully saturated rings. The first-order valence-electron chi connectivity index (χ1n) is 6.57. The molecule has 2 aliphatic rings. The van der Waals surface area contributed by atoms with Gasteiger partial charge in [-0.15, -0.1) is 5.98 Å². The summed E-state index contributed by atoms with van der Waals surface area (Å²) in [5, 5.41) is 0. The number of fused-ring (bicyclic) bond motifs is 2. The predicted octanol–water partition coefficient (Wildman–Crippen LogP) is 3.25. The van der Waals surface area contributed by atoms with Crippen molar-refractivity contribution in [2.75, 3.05) is 6.61 Å². The number of carbonyl (C=O) groups is 1. The van der Waals surface area contributed by atoms with Crippen molar-refractivity contribution >= 4 is 12.7 Å². The van der Waals surface area contributed by atoms with Crippen LogP contribution in [-0.2, 0) is 9.53 Å². The summed E-state index contributed by atoms with van der Waals surface area (Å²) >= 11 is 0. The minimum Gasteiger partial charge on any atom is -0.462 e. The molecule has 0 aromatic heterocycles. The Bertz CT molecular complexity index is 253. The average molecular weight is 220 g/mol. The Morgan fingerprint density at radius 1 is 1.25 bits per heavy atom. The van der Waals surface area contributed by atoms with E-state index in [1.165, 1.54) is 45.4 Å². The normalized spacial score (nSPS) is 29.4. The second kappa shape index (κ2) is 5.56. The summed E-state index contributed by atoms with van der Waals surface area (Å²) in [7, 11) is 0. The van der Waals surface area contributed by atoms with Gasteiger partial charge >= 0.3 is 5.97 Å². The molecule has 0 N–H and O–H groups in total. The molecule has 16 heavy (non-hydrogen) atoms. The van der Waals surface area contributed by atoms with Gasteiger partial charge in [0.2, 0.25) is 0 Å². The summed E-state index contributed by atoms with van der Waals surface area (Å²) in [5.41, 5.74) is 0. The SMILES string of the molecule is CC(=O)OC/C=C/B1C2CCCC1CCC2. The third-order valence-electron chi connectivity index (χ3n) is 4.13. The zero-order chi connectivity index (χ0) is 11.4. The molecule has 2 aliphatic heterocycles. The lowest BCUT2D eigenvalue weighted by Gasteiger charge is -2.39. The molecule has 88 valence electrons. The summed E-state index contributed by atoms with van der Waals surface area (Å²) in [4.78, 5) is 10.6. The molecule has 2 nitrogen and oxygen atoms in total. The topological polar surface area (TPSA) is 26.3 Å². The van der Waals surface area contributed by atoms with Gasteiger partial charge in [0.05, 0.1) is 0 Å². The maximum absolute atomic E-state index is 10.6. The van der Waals surface area contributed by atoms with Crippen LogP contribution in [0, 0.1) is 0 Å². The van der Waals surface area contributed by atoms with E-state index >= 15 is 0 Å². The summed E-state index contributed by atoms with van der Waals surface area (Å²) < 4.78 is 4.93. The molecule has 2 saturated heterocycles. The van der Waals surface area contributed by atoms with Crippen LogP contribution in [0.5, 0.6) is 0 Å². The molecule has 0 unspecified atom stereocenters. The van der Waals surface area contributed by atoms with Crippen molar-refractivity contribution in [2.24, 2.45) is 0 Å². The Hall–Kier alpha value is -0.725. The molecule has 0 radical (unpaired) electrons. The number of rotatable bonds is 3. The van der Waals surface area contributed by atoms with Gasteiger partial charge in [0.15, 0.2) is 6.71 Å². The molecule has 2 bridgehead atoms. The van der Waals surface area contributed by atoms with Gasteiger partial charge in [-0.2, -0.15) is 0 Å². The molecule has 0 saturated carbocycles. The zero-order valence-corrected chi connectivity index (χ0v) is 10.2. The van der Waals surface area contributed by atoms with Crippen molar-refractivity contribution in [1.82, 2.24) is 0 Å². The van der Waals surface area contributed by atoms with E-state index < -0.39 is 0 Å². The van der Waals surface area contributed by atoms with E-state index in [2.05, 4.69) is 5.98 Å². The van der Waals surface area contributed by atoms with Crippen LogP contribution in [0.15, 0.2) is 12.1 Å². The highest BCUT2D eigenvalue weighted by Gasteiger charge is 2.36. The summed E-state index contributed by atoms with van der Waals surface area (Å²) in [6, 6.07) is 0. The number of ether oxygens (including phenoxy) is 1. The lowest BCUT2D eigenvalue weighted by Crippen LogP contribution is -2.33. The second-order valence-corrected chi connectivity index (χ2v) is 5.19. The van der Waals surface area contributed by atoms with Gasteiger partial charge in [0.25, 0.3) is 0 Å². The molecule has 0 aromatic carbocycles. The van der Waals surface area contributed by atoms with Crippen molar-refractivity contribution in [1.29, 1.82) is 0 Å². The minimum absolute atomic E-state index is 0.187. The van der Waals surface area contributed by atoms with Crippen molar-refractivity contribution in [2.45, 2.75) is 57.1 Å². The monoisotopic (exact) mass is 220 g/mol. The highest BCUT2D eigenvalue weighted by molar-refractivity contribution is 6.67. The fourth-order valence-electron chi connectivity index (χ4n) is 3.42. The number of hydrogen-bond donors (Lipinski definition) is 0. The van der Waals surface area contributed by atoms with E-state index in [-0.39, 0.29) is 5.97 Å². The smallest absolute Gasteiger partial charge is 0.302 e. The Balaban J connectivity index is 1.85. The van der Waals surface area contributed by atoms with E-state index in [1.54, 1.807) is 0 Å². The molecular formula is C13H21BO2. The van der Waals surface area contributed by atoms with Gasteiger partial charge in [0, 0.05) is 6.92 Å². The molecule has 0 amide bonds. The largest absolute Gasteiger partial charge is 0.462 e. The van der Waals surface area contributed by atoms with Gasteiger partial charge in [-0.3, -0.25) is 4.79 Å².